The fourth-order valence-corrected chi connectivity index (χ4v) is 4.18. The molecule has 3 rings (SSSR count). The number of carbonyl (C=O) groups is 1. The van der Waals surface area contributed by atoms with Crippen molar-refractivity contribution in [3.8, 4) is 0 Å². The maximum absolute atomic E-state index is 12.5. The number of hydrogen-bond donors (Lipinski definition) is 3. The number of amides is 1. The van der Waals surface area contributed by atoms with E-state index in [4.69, 9.17) is 0 Å². The molecule has 130 valence electrons. The number of H-pyrrole nitrogens is 1. The number of thiophene rings is 1. The van der Waals surface area contributed by atoms with Gasteiger partial charge in [-0.15, -0.1) is 11.3 Å². The SMILES string of the molecule is CCC1CCc2sc(C(=O)NC(C)c3nc(C(C)O)n[nH]3)cc2C1. The van der Waals surface area contributed by atoms with Gasteiger partial charge in [-0.25, -0.2) is 4.98 Å². The first-order chi connectivity index (χ1) is 11.5. The number of aliphatic hydroxyl groups is 1. The molecule has 1 amide bonds. The van der Waals surface area contributed by atoms with Crippen molar-refractivity contribution in [2.45, 2.75) is 58.6 Å². The van der Waals surface area contributed by atoms with Gasteiger partial charge in [0.1, 0.15) is 11.9 Å². The smallest absolute Gasteiger partial charge is 0.261 e. The molecule has 0 spiro atoms. The predicted octanol–water partition coefficient (Wildman–Crippen LogP) is 2.93. The zero-order valence-electron chi connectivity index (χ0n) is 14.3. The Morgan fingerprint density at radius 3 is 3.00 bits per heavy atom. The summed E-state index contributed by atoms with van der Waals surface area (Å²) in [5, 5.41) is 19.2. The topological polar surface area (TPSA) is 90.9 Å². The molecule has 0 aliphatic heterocycles. The lowest BCUT2D eigenvalue weighted by Crippen LogP contribution is -2.26. The summed E-state index contributed by atoms with van der Waals surface area (Å²) < 4.78 is 0. The molecule has 2 aromatic rings. The van der Waals surface area contributed by atoms with Gasteiger partial charge in [-0.1, -0.05) is 13.3 Å². The second-order valence-corrected chi connectivity index (χ2v) is 7.66. The number of fused-ring (bicyclic) bond motifs is 1. The van der Waals surface area contributed by atoms with Crippen LogP contribution in [0.25, 0.3) is 0 Å². The van der Waals surface area contributed by atoms with E-state index < -0.39 is 6.10 Å². The molecular formula is C17H24N4O2S. The number of rotatable bonds is 5. The second-order valence-electron chi connectivity index (χ2n) is 6.53. The number of nitrogens with one attached hydrogen (secondary N) is 2. The highest BCUT2D eigenvalue weighted by atomic mass is 32.1. The zero-order chi connectivity index (χ0) is 17.3. The molecule has 1 aliphatic carbocycles. The van der Waals surface area contributed by atoms with Gasteiger partial charge in [0.25, 0.3) is 5.91 Å². The van der Waals surface area contributed by atoms with E-state index in [0.717, 1.165) is 23.6 Å². The van der Waals surface area contributed by atoms with Gasteiger partial charge in [0.2, 0.25) is 0 Å². The van der Waals surface area contributed by atoms with Gasteiger partial charge >= 0.3 is 0 Å². The minimum Gasteiger partial charge on any atom is -0.385 e. The predicted molar refractivity (Wildman–Crippen MR) is 93.0 cm³/mol. The van der Waals surface area contributed by atoms with E-state index in [1.54, 1.807) is 18.3 Å². The molecule has 0 saturated carbocycles. The van der Waals surface area contributed by atoms with Crippen molar-refractivity contribution in [1.29, 1.82) is 0 Å². The van der Waals surface area contributed by atoms with Crippen LogP contribution in [0, 0.1) is 5.92 Å². The Morgan fingerprint density at radius 2 is 2.33 bits per heavy atom. The quantitative estimate of drug-likeness (QED) is 0.775. The lowest BCUT2D eigenvalue weighted by atomic mass is 9.87. The van der Waals surface area contributed by atoms with Gasteiger partial charge in [0, 0.05) is 4.88 Å². The first-order valence-electron chi connectivity index (χ1n) is 8.50. The summed E-state index contributed by atoms with van der Waals surface area (Å²) in [5.41, 5.74) is 1.34. The molecule has 2 aromatic heterocycles. The summed E-state index contributed by atoms with van der Waals surface area (Å²) in [5.74, 6) is 1.55. The van der Waals surface area contributed by atoms with Crippen LogP contribution in [0.4, 0.5) is 0 Å². The van der Waals surface area contributed by atoms with E-state index in [2.05, 4.69) is 27.4 Å². The number of nitrogens with zero attached hydrogens (tertiary/aromatic N) is 2. The Morgan fingerprint density at radius 1 is 1.54 bits per heavy atom. The van der Waals surface area contributed by atoms with Gasteiger partial charge in [0.05, 0.1) is 10.9 Å². The Bertz CT molecular complexity index is 722. The van der Waals surface area contributed by atoms with Gasteiger partial charge in [0.15, 0.2) is 5.82 Å². The lowest BCUT2D eigenvalue weighted by molar-refractivity contribution is 0.0942. The molecular weight excluding hydrogens is 324 g/mol. The third-order valence-corrected chi connectivity index (χ3v) is 5.87. The highest BCUT2D eigenvalue weighted by molar-refractivity contribution is 7.14. The van der Waals surface area contributed by atoms with Crippen LogP contribution in [0.3, 0.4) is 0 Å². The molecule has 3 unspecified atom stereocenters. The maximum Gasteiger partial charge on any atom is 0.261 e. The number of hydrogen-bond acceptors (Lipinski definition) is 5. The number of aliphatic hydroxyl groups excluding tert-OH is 1. The monoisotopic (exact) mass is 348 g/mol. The van der Waals surface area contributed by atoms with Crippen LogP contribution in [0.1, 0.15) is 77.5 Å². The van der Waals surface area contributed by atoms with Crippen molar-refractivity contribution in [2.75, 3.05) is 0 Å². The summed E-state index contributed by atoms with van der Waals surface area (Å²) in [6, 6.07) is 1.76. The van der Waals surface area contributed by atoms with E-state index in [1.807, 2.05) is 13.0 Å². The highest BCUT2D eigenvalue weighted by Crippen LogP contribution is 2.33. The number of carbonyl (C=O) groups excluding carboxylic acids is 1. The Kier molecular flexibility index (Phi) is 5.01. The van der Waals surface area contributed by atoms with Crippen LogP contribution in [0.2, 0.25) is 0 Å². The van der Waals surface area contributed by atoms with Crippen molar-refractivity contribution in [3.63, 3.8) is 0 Å². The molecule has 0 saturated heterocycles. The largest absolute Gasteiger partial charge is 0.385 e. The standard InChI is InChI=1S/C17H24N4O2S/c1-4-11-5-6-13-12(7-11)8-14(24-13)17(23)18-9(2)15-19-16(10(3)22)21-20-15/h8-11,22H,4-7H2,1-3H3,(H,18,23)(H,19,20,21). The zero-order valence-corrected chi connectivity index (χ0v) is 15.1. The maximum atomic E-state index is 12.5. The Labute approximate surface area is 145 Å². The van der Waals surface area contributed by atoms with Crippen molar-refractivity contribution < 1.29 is 9.90 Å². The summed E-state index contributed by atoms with van der Waals surface area (Å²) in [6.45, 7) is 5.69. The normalized spacial score (nSPS) is 19.6. The van der Waals surface area contributed by atoms with Crippen LogP contribution in [0.15, 0.2) is 6.07 Å². The van der Waals surface area contributed by atoms with Crippen LogP contribution < -0.4 is 5.32 Å². The Balaban J connectivity index is 1.67. The molecule has 0 fully saturated rings. The van der Waals surface area contributed by atoms with Gasteiger partial charge in [-0.05, 0) is 50.7 Å². The van der Waals surface area contributed by atoms with Gasteiger partial charge < -0.3 is 10.4 Å². The molecule has 0 radical (unpaired) electrons. The van der Waals surface area contributed by atoms with Crippen LogP contribution in [0.5, 0.6) is 0 Å². The Hall–Kier alpha value is -1.73. The molecule has 2 heterocycles. The molecule has 7 heteroatoms. The average Bonchev–Trinajstić information content (AvgIpc) is 3.20. The summed E-state index contributed by atoms with van der Waals surface area (Å²) >= 11 is 1.60. The third kappa shape index (κ3) is 3.52. The van der Waals surface area contributed by atoms with Crippen molar-refractivity contribution in [3.05, 3.63) is 33.0 Å². The van der Waals surface area contributed by atoms with Crippen LogP contribution >= 0.6 is 11.3 Å². The van der Waals surface area contributed by atoms with E-state index in [9.17, 15) is 9.90 Å². The minimum absolute atomic E-state index is 0.0788. The molecule has 1 aliphatic rings. The van der Waals surface area contributed by atoms with Crippen molar-refractivity contribution in [1.82, 2.24) is 20.5 Å². The third-order valence-electron chi connectivity index (χ3n) is 4.64. The highest BCUT2D eigenvalue weighted by Gasteiger charge is 2.23. The first kappa shape index (κ1) is 17.1. The summed E-state index contributed by atoms with van der Waals surface area (Å²) in [6.07, 6.45) is 3.87. The van der Waals surface area contributed by atoms with Gasteiger partial charge in [-0.2, -0.15) is 5.10 Å². The second kappa shape index (κ2) is 7.03. The van der Waals surface area contributed by atoms with E-state index in [1.165, 1.54) is 23.3 Å². The van der Waals surface area contributed by atoms with Gasteiger partial charge in [-0.3, -0.25) is 9.89 Å². The summed E-state index contributed by atoms with van der Waals surface area (Å²) in [7, 11) is 0. The fourth-order valence-electron chi connectivity index (χ4n) is 3.06. The summed E-state index contributed by atoms with van der Waals surface area (Å²) in [4.78, 5) is 18.9. The van der Waals surface area contributed by atoms with E-state index >= 15 is 0 Å². The molecule has 0 aromatic carbocycles. The fraction of sp³-hybridized carbons (Fsp3) is 0.588. The average molecular weight is 348 g/mol. The van der Waals surface area contributed by atoms with E-state index in [0.29, 0.717) is 11.6 Å². The van der Waals surface area contributed by atoms with Crippen molar-refractivity contribution in [2.24, 2.45) is 5.92 Å². The first-order valence-corrected chi connectivity index (χ1v) is 9.32. The number of aryl methyl sites for hydroxylation is 1. The molecule has 3 N–H and O–H groups in total. The van der Waals surface area contributed by atoms with Crippen LogP contribution in [-0.2, 0) is 12.8 Å². The van der Waals surface area contributed by atoms with Crippen molar-refractivity contribution >= 4 is 17.2 Å². The number of aromatic amines is 1. The van der Waals surface area contributed by atoms with Crippen LogP contribution in [-0.4, -0.2) is 26.2 Å². The minimum atomic E-state index is -0.728. The number of aromatic nitrogens is 3. The molecule has 24 heavy (non-hydrogen) atoms. The molecule has 0 bridgehead atoms. The lowest BCUT2D eigenvalue weighted by Gasteiger charge is -2.19. The molecule has 3 atom stereocenters. The molecule has 6 nitrogen and oxygen atoms in total. The van der Waals surface area contributed by atoms with E-state index in [-0.39, 0.29) is 11.9 Å².